The number of carbonyl (C=O) groups excluding carboxylic acids is 1. The van der Waals surface area contributed by atoms with E-state index in [1.54, 1.807) is 17.0 Å². The highest BCUT2D eigenvalue weighted by atomic mass is 35.5. The molecule has 0 bridgehead atoms. The molecule has 3 rings (SSSR count). The number of nitro benzene ring substituents is 1. The number of carbonyl (C=O) groups is 1. The summed E-state index contributed by atoms with van der Waals surface area (Å²) in [4.78, 5) is 26.8. The lowest BCUT2D eigenvalue weighted by atomic mass is 10.1. The van der Waals surface area contributed by atoms with Crippen LogP contribution in [0.4, 0.5) is 11.4 Å². The summed E-state index contributed by atoms with van der Waals surface area (Å²) in [6.07, 6.45) is 0. The van der Waals surface area contributed by atoms with E-state index in [4.69, 9.17) is 23.2 Å². The van der Waals surface area contributed by atoms with E-state index in [2.05, 4.69) is 0 Å². The first-order valence-electron chi connectivity index (χ1n) is 7.83. The normalized spacial score (nSPS) is 14.4. The molecule has 0 radical (unpaired) electrons. The SMILES string of the molecule is O=C(c1cc(Cl)ccc1O)N1CCN(c2ccc(Cl)cc2[N+](=O)[O-])CC1. The van der Waals surface area contributed by atoms with Gasteiger partial charge in [0, 0.05) is 42.3 Å². The van der Waals surface area contributed by atoms with E-state index in [0.717, 1.165) is 0 Å². The van der Waals surface area contributed by atoms with E-state index >= 15 is 0 Å². The predicted octanol–water partition coefficient (Wildman–Crippen LogP) is 3.57. The van der Waals surface area contributed by atoms with Gasteiger partial charge in [0.1, 0.15) is 11.4 Å². The molecule has 2 aromatic carbocycles. The topological polar surface area (TPSA) is 86.9 Å². The quantitative estimate of drug-likeness (QED) is 0.633. The zero-order chi connectivity index (χ0) is 18.8. The zero-order valence-electron chi connectivity index (χ0n) is 13.6. The third-order valence-corrected chi connectivity index (χ3v) is 4.70. The second-order valence-electron chi connectivity index (χ2n) is 5.83. The van der Waals surface area contributed by atoms with Crippen LogP contribution in [0.1, 0.15) is 10.4 Å². The van der Waals surface area contributed by atoms with E-state index in [1.165, 1.54) is 24.3 Å². The molecule has 0 atom stereocenters. The van der Waals surface area contributed by atoms with E-state index < -0.39 is 4.92 Å². The van der Waals surface area contributed by atoms with Crippen molar-refractivity contribution < 1.29 is 14.8 Å². The fraction of sp³-hybridized carbons (Fsp3) is 0.235. The average Bonchev–Trinajstić information content (AvgIpc) is 2.63. The molecule has 1 amide bonds. The molecule has 136 valence electrons. The molecule has 7 nitrogen and oxygen atoms in total. The van der Waals surface area contributed by atoms with Crippen molar-refractivity contribution in [1.29, 1.82) is 0 Å². The summed E-state index contributed by atoms with van der Waals surface area (Å²) in [5, 5.41) is 21.8. The second-order valence-corrected chi connectivity index (χ2v) is 6.70. The highest BCUT2D eigenvalue weighted by Crippen LogP contribution is 2.32. The molecule has 0 unspecified atom stereocenters. The molecule has 0 saturated carbocycles. The molecule has 1 N–H and O–H groups in total. The molecular weight excluding hydrogens is 381 g/mol. The molecular formula is C17H15Cl2N3O4. The van der Waals surface area contributed by atoms with Gasteiger partial charge in [-0.05, 0) is 30.3 Å². The van der Waals surface area contributed by atoms with Gasteiger partial charge >= 0.3 is 0 Å². The lowest BCUT2D eigenvalue weighted by molar-refractivity contribution is -0.384. The lowest BCUT2D eigenvalue weighted by Gasteiger charge is -2.36. The molecule has 2 aromatic rings. The number of benzene rings is 2. The van der Waals surface area contributed by atoms with Crippen molar-refractivity contribution in [2.75, 3.05) is 31.1 Å². The Morgan fingerprint density at radius 2 is 1.65 bits per heavy atom. The van der Waals surface area contributed by atoms with Crippen LogP contribution >= 0.6 is 23.2 Å². The number of piperazine rings is 1. The molecule has 1 heterocycles. The summed E-state index contributed by atoms with van der Waals surface area (Å²) < 4.78 is 0. The van der Waals surface area contributed by atoms with Gasteiger partial charge in [-0.3, -0.25) is 14.9 Å². The number of aromatic hydroxyl groups is 1. The van der Waals surface area contributed by atoms with Crippen LogP contribution in [0.3, 0.4) is 0 Å². The van der Waals surface area contributed by atoms with Crippen molar-refractivity contribution in [3.05, 3.63) is 62.1 Å². The van der Waals surface area contributed by atoms with Crippen LogP contribution in [0, 0.1) is 10.1 Å². The fourth-order valence-corrected chi connectivity index (χ4v) is 3.25. The molecule has 0 aliphatic carbocycles. The molecule has 1 saturated heterocycles. The smallest absolute Gasteiger partial charge is 0.294 e. The third kappa shape index (κ3) is 3.68. The van der Waals surface area contributed by atoms with E-state index in [9.17, 15) is 20.0 Å². The van der Waals surface area contributed by atoms with E-state index in [0.29, 0.717) is 41.9 Å². The first-order valence-corrected chi connectivity index (χ1v) is 8.59. The maximum Gasteiger partial charge on any atom is 0.294 e. The summed E-state index contributed by atoms with van der Waals surface area (Å²) in [6, 6.07) is 8.84. The van der Waals surface area contributed by atoms with Crippen molar-refractivity contribution in [3.8, 4) is 5.75 Å². The molecule has 0 aromatic heterocycles. The number of nitro groups is 1. The Hall–Kier alpha value is -2.51. The number of hydrogen-bond acceptors (Lipinski definition) is 5. The van der Waals surface area contributed by atoms with Crippen molar-refractivity contribution in [2.45, 2.75) is 0 Å². The van der Waals surface area contributed by atoms with Crippen LogP contribution in [0.25, 0.3) is 0 Å². The van der Waals surface area contributed by atoms with Gasteiger partial charge in [0.05, 0.1) is 10.5 Å². The minimum Gasteiger partial charge on any atom is -0.507 e. The third-order valence-electron chi connectivity index (χ3n) is 4.23. The van der Waals surface area contributed by atoms with Gasteiger partial charge in [-0.2, -0.15) is 0 Å². The van der Waals surface area contributed by atoms with Gasteiger partial charge in [0.15, 0.2) is 0 Å². The summed E-state index contributed by atoms with van der Waals surface area (Å²) in [7, 11) is 0. The Morgan fingerprint density at radius 1 is 1.04 bits per heavy atom. The average molecular weight is 396 g/mol. The first kappa shape index (κ1) is 18.3. The standard InChI is InChI=1S/C17H15Cl2N3O4/c18-11-2-4-16(23)13(9-11)17(24)21-7-5-20(6-8-21)14-3-1-12(19)10-15(14)22(25)26/h1-4,9-10,23H,5-8H2. The zero-order valence-corrected chi connectivity index (χ0v) is 15.1. The van der Waals surface area contributed by atoms with Crippen molar-refractivity contribution in [2.24, 2.45) is 0 Å². The Bertz CT molecular complexity index is 867. The van der Waals surface area contributed by atoms with E-state index in [-0.39, 0.29) is 22.9 Å². The number of nitrogens with zero attached hydrogens (tertiary/aromatic N) is 3. The number of phenolic OH excluding ortho intramolecular Hbond substituents is 1. The minimum absolute atomic E-state index is 0.0650. The van der Waals surface area contributed by atoms with Gasteiger partial charge < -0.3 is 14.9 Å². The highest BCUT2D eigenvalue weighted by molar-refractivity contribution is 6.31. The molecule has 9 heteroatoms. The first-order chi connectivity index (χ1) is 12.4. The Labute approximate surface area is 159 Å². The number of amides is 1. The summed E-state index contributed by atoms with van der Waals surface area (Å²) >= 11 is 11.7. The van der Waals surface area contributed by atoms with Crippen LogP contribution < -0.4 is 4.90 Å². The molecule has 1 fully saturated rings. The molecule has 0 spiro atoms. The lowest BCUT2D eigenvalue weighted by Crippen LogP contribution is -2.49. The van der Waals surface area contributed by atoms with Crippen LogP contribution in [0.5, 0.6) is 5.75 Å². The van der Waals surface area contributed by atoms with E-state index in [1.807, 2.05) is 4.90 Å². The second kappa shape index (κ2) is 7.39. The van der Waals surface area contributed by atoms with Gasteiger partial charge in [-0.15, -0.1) is 0 Å². The molecule has 1 aliphatic heterocycles. The maximum atomic E-state index is 12.6. The van der Waals surface area contributed by atoms with Crippen LogP contribution in [-0.4, -0.2) is 47.0 Å². The van der Waals surface area contributed by atoms with Crippen LogP contribution in [0.2, 0.25) is 10.0 Å². The van der Waals surface area contributed by atoms with Gasteiger partial charge in [0.25, 0.3) is 11.6 Å². The van der Waals surface area contributed by atoms with Crippen LogP contribution in [0.15, 0.2) is 36.4 Å². The Kier molecular flexibility index (Phi) is 5.20. The van der Waals surface area contributed by atoms with Crippen LogP contribution in [-0.2, 0) is 0 Å². The molecule has 26 heavy (non-hydrogen) atoms. The Morgan fingerprint density at radius 3 is 2.31 bits per heavy atom. The van der Waals surface area contributed by atoms with Gasteiger partial charge in [-0.1, -0.05) is 23.2 Å². The minimum atomic E-state index is -0.469. The summed E-state index contributed by atoms with van der Waals surface area (Å²) in [6.45, 7) is 1.58. The molecule has 1 aliphatic rings. The number of hydrogen-bond donors (Lipinski definition) is 1. The van der Waals surface area contributed by atoms with Crippen molar-refractivity contribution in [1.82, 2.24) is 4.90 Å². The fourth-order valence-electron chi connectivity index (χ4n) is 2.91. The summed E-state index contributed by atoms with van der Waals surface area (Å²) in [5.41, 5.74) is 0.547. The van der Waals surface area contributed by atoms with Gasteiger partial charge in [-0.25, -0.2) is 0 Å². The summed E-state index contributed by atoms with van der Waals surface area (Å²) in [5.74, 6) is -0.453. The number of halogens is 2. The van der Waals surface area contributed by atoms with Crippen molar-refractivity contribution >= 4 is 40.5 Å². The van der Waals surface area contributed by atoms with Gasteiger partial charge in [0.2, 0.25) is 0 Å². The number of rotatable bonds is 3. The predicted molar refractivity (Wildman–Crippen MR) is 99.3 cm³/mol. The largest absolute Gasteiger partial charge is 0.507 e. The number of anilines is 1. The number of phenols is 1. The Balaban J connectivity index is 1.75. The monoisotopic (exact) mass is 395 g/mol. The van der Waals surface area contributed by atoms with Crippen molar-refractivity contribution in [3.63, 3.8) is 0 Å². The maximum absolute atomic E-state index is 12.6. The highest BCUT2D eigenvalue weighted by Gasteiger charge is 2.27.